The average molecular weight is 602 g/mol. The van der Waals surface area contributed by atoms with Crippen LogP contribution in [0.3, 0.4) is 0 Å². The standard InChI is InChI=1S/C29H36ClN5O5S/c1-18-15-22(41(38,39)21-11-13-34(14-12-21)28(37)40-29(2,3)4)9-10-24(18)32-27-31-17-19-16-23(30)26(36)35(25(19)33-27)20-7-5-6-8-20/h9-10,15-17,20-21H,5-8,11-14H2,1-4H3,(H,31,32,33). The van der Waals surface area contributed by atoms with Gasteiger partial charge in [0.25, 0.3) is 5.56 Å². The van der Waals surface area contributed by atoms with Gasteiger partial charge in [0.2, 0.25) is 5.95 Å². The third kappa shape index (κ3) is 6.21. The lowest BCUT2D eigenvalue weighted by Gasteiger charge is -2.33. The zero-order valence-electron chi connectivity index (χ0n) is 23.8. The summed E-state index contributed by atoms with van der Waals surface area (Å²) in [7, 11) is -3.60. The van der Waals surface area contributed by atoms with Crippen LogP contribution in [0.1, 0.15) is 70.9 Å². The molecule has 1 aliphatic carbocycles. The summed E-state index contributed by atoms with van der Waals surface area (Å²) >= 11 is 6.24. The molecule has 1 saturated carbocycles. The maximum absolute atomic E-state index is 13.5. The highest BCUT2D eigenvalue weighted by molar-refractivity contribution is 7.92. The number of anilines is 2. The van der Waals surface area contributed by atoms with Crippen LogP contribution in [0.4, 0.5) is 16.4 Å². The summed E-state index contributed by atoms with van der Waals surface area (Å²) < 4.78 is 34.0. The third-order valence-electron chi connectivity index (χ3n) is 7.72. The van der Waals surface area contributed by atoms with Crippen molar-refractivity contribution in [3.8, 4) is 0 Å². The number of fused-ring (bicyclic) bond motifs is 1. The van der Waals surface area contributed by atoms with E-state index < -0.39 is 26.8 Å². The zero-order chi connectivity index (χ0) is 29.5. The van der Waals surface area contributed by atoms with Crippen LogP contribution in [0, 0.1) is 6.92 Å². The van der Waals surface area contributed by atoms with Crippen molar-refractivity contribution in [2.75, 3.05) is 18.4 Å². The summed E-state index contributed by atoms with van der Waals surface area (Å²) in [4.78, 5) is 36.2. The molecule has 1 amide bonds. The number of rotatable bonds is 5. The van der Waals surface area contributed by atoms with E-state index in [4.69, 9.17) is 16.3 Å². The van der Waals surface area contributed by atoms with E-state index in [-0.39, 0.29) is 21.5 Å². The van der Waals surface area contributed by atoms with Gasteiger partial charge in [-0.05, 0) is 83.2 Å². The second-order valence-corrected chi connectivity index (χ2v) is 14.5. The fourth-order valence-electron chi connectivity index (χ4n) is 5.59. The number of nitrogens with one attached hydrogen (secondary N) is 1. The second-order valence-electron chi connectivity index (χ2n) is 11.9. The molecule has 1 aliphatic heterocycles. The Hall–Kier alpha value is -3.18. The van der Waals surface area contributed by atoms with Gasteiger partial charge in [0.1, 0.15) is 16.3 Å². The maximum atomic E-state index is 13.5. The number of nitrogens with zero attached hydrogens (tertiary/aromatic N) is 4. The number of amides is 1. The van der Waals surface area contributed by atoms with Crippen LogP contribution in [-0.2, 0) is 14.6 Å². The van der Waals surface area contributed by atoms with Crippen LogP contribution >= 0.6 is 11.6 Å². The number of carbonyl (C=O) groups excluding carboxylic acids is 1. The summed E-state index contributed by atoms with van der Waals surface area (Å²) in [5, 5.41) is 3.44. The number of aromatic nitrogens is 3. The Bertz CT molecular complexity index is 1640. The van der Waals surface area contributed by atoms with Crippen molar-refractivity contribution in [3.05, 3.63) is 51.4 Å². The summed E-state index contributed by atoms with van der Waals surface area (Å²) in [6.07, 6.45) is 5.82. The molecule has 10 nitrogen and oxygen atoms in total. The van der Waals surface area contributed by atoms with Crippen molar-refractivity contribution < 1.29 is 17.9 Å². The van der Waals surface area contributed by atoms with Crippen molar-refractivity contribution in [2.24, 2.45) is 0 Å². The summed E-state index contributed by atoms with van der Waals surface area (Å²) in [5.41, 5.74) is 1.04. The molecule has 41 heavy (non-hydrogen) atoms. The molecule has 12 heteroatoms. The van der Waals surface area contributed by atoms with Crippen LogP contribution in [-0.4, -0.2) is 57.9 Å². The number of ether oxygens (including phenoxy) is 1. The van der Waals surface area contributed by atoms with E-state index in [1.54, 1.807) is 60.7 Å². The predicted octanol–water partition coefficient (Wildman–Crippen LogP) is 5.79. The average Bonchev–Trinajstić information content (AvgIpc) is 3.44. The first-order chi connectivity index (χ1) is 19.3. The molecule has 3 aromatic rings. The molecular weight excluding hydrogens is 566 g/mol. The molecule has 3 heterocycles. The first-order valence-corrected chi connectivity index (χ1v) is 15.9. The Morgan fingerprint density at radius 1 is 1.10 bits per heavy atom. The van der Waals surface area contributed by atoms with E-state index in [2.05, 4.69) is 15.3 Å². The Morgan fingerprint density at radius 3 is 2.41 bits per heavy atom. The monoisotopic (exact) mass is 601 g/mol. The molecule has 2 aliphatic rings. The SMILES string of the molecule is Cc1cc(S(=O)(=O)C2CCN(C(=O)OC(C)(C)C)CC2)ccc1Nc1ncc2cc(Cl)c(=O)n(C3CCCC3)c2n1. The molecule has 1 saturated heterocycles. The molecule has 1 N–H and O–H groups in total. The predicted molar refractivity (Wildman–Crippen MR) is 159 cm³/mol. The quantitative estimate of drug-likeness (QED) is 0.390. The highest BCUT2D eigenvalue weighted by Gasteiger charge is 2.34. The summed E-state index contributed by atoms with van der Waals surface area (Å²) in [6.45, 7) is 7.89. The van der Waals surface area contributed by atoms with E-state index in [1.165, 1.54) is 0 Å². The molecule has 1 aromatic carbocycles. The van der Waals surface area contributed by atoms with E-state index >= 15 is 0 Å². The molecule has 0 radical (unpaired) electrons. The number of sulfone groups is 1. The van der Waals surface area contributed by atoms with Crippen molar-refractivity contribution >= 4 is 50.2 Å². The molecule has 0 spiro atoms. The van der Waals surface area contributed by atoms with Gasteiger partial charge in [-0.1, -0.05) is 24.4 Å². The largest absolute Gasteiger partial charge is 0.444 e. The minimum atomic E-state index is -3.60. The van der Waals surface area contributed by atoms with Gasteiger partial charge in [-0.2, -0.15) is 4.98 Å². The Morgan fingerprint density at radius 2 is 1.78 bits per heavy atom. The Balaban J connectivity index is 1.33. The van der Waals surface area contributed by atoms with E-state index in [0.29, 0.717) is 54.2 Å². The molecule has 2 fully saturated rings. The number of piperidine rings is 1. The van der Waals surface area contributed by atoms with Crippen LogP contribution in [0.25, 0.3) is 11.0 Å². The minimum Gasteiger partial charge on any atom is -0.444 e. The van der Waals surface area contributed by atoms with E-state index in [1.807, 2.05) is 6.92 Å². The number of likely N-dealkylation sites (tertiary alicyclic amines) is 1. The van der Waals surface area contributed by atoms with Crippen LogP contribution in [0.5, 0.6) is 0 Å². The summed E-state index contributed by atoms with van der Waals surface area (Å²) in [6, 6.07) is 6.58. The van der Waals surface area contributed by atoms with Crippen molar-refractivity contribution in [1.29, 1.82) is 0 Å². The van der Waals surface area contributed by atoms with Crippen molar-refractivity contribution in [1.82, 2.24) is 19.4 Å². The molecule has 0 unspecified atom stereocenters. The van der Waals surface area contributed by atoms with Gasteiger partial charge < -0.3 is 15.0 Å². The van der Waals surface area contributed by atoms with Crippen LogP contribution in [0.15, 0.2) is 40.2 Å². The molecule has 5 rings (SSSR count). The zero-order valence-corrected chi connectivity index (χ0v) is 25.4. The van der Waals surface area contributed by atoms with Gasteiger partial charge in [0.05, 0.1) is 10.1 Å². The first kappa shape index (κ1) is 29.3. The lowest BCUT2D eigenvalue weighted by molar-refractivity contribution is 0.0217. The highest BCUT2D eigenvalue weighted by atomic mass is 35.5. The van der Waals surface area contributed by atoms with Gasteiger partial charge in [0.15, 0.2) is 9.84 Å². The molecule has 0 atom stereocenters. The first-order valence-electron chi connectivity index (χ1n) is 14.0. The molecule has 2 aromatic heterocycles. The van der Waals surface area contributed by atoms with Crippen LogP contribution < -0.4 is 10.9 Å². The topological polar surface area (TPSA) is 123 Å². The molecular formula is C29H36ClN5O5S. The second kappa shape index (κ2) is 11.2. The van der Waals surface area contributed by atoms with E-state index in [0.717, 1.165) is 25.7 Å². The van der Waals surface area contributed by atoms with E-state index in [9.17, 15) is 18.0 Å². The fourth-order valence-corrected chi connectivity index (χ4v) is 7.61. The van der Waals surface area contributed by atoms with Gasteiger partial charge >= 0.3 is 6.09 Å². The van der Waals surface area contributed by atoms with Gasteiger partial charge in [-0.3, -0.25) is 9.36 Å². The number of aryl methyl sites for hydroxylation is 1. The molecule has 0 bridgehead atoms. The minimum absolute atomic E-state index is 0.0497. The summed E-state index contributed by atoms with van der Waals surface area (Å²) in [5.74, 6) is 0.305. The third-order valence-corrected chi connectivity index (χ3v) is 10.3. The lowest BCUT2D eigenvalue weighted by atomic mass is 10.1. The number of carbonyl (C=O) groups is 1. The maximum Gasteiger partial charge on any atom is 0.410 e. The van der Waals surface area contributed by atoms with Crippen molar-refractivity contribution in [2.45, 2.75) is 88.0 Å². The van der Waals surface area contributed by atoms with Crippen LogP contribution in [0.2, 0.25) is 5.02 Å². The van der Waals surface area contributed by atoms with Gasteiger partial charge in [-0.15, -0.1) is 0 Å². The molecule has 220 valence electrons. The fraction of sp³-hybridized carbons (Fsp3) is 0.517. The van der Waals surface area contributed by atoms with Gasteiger partial charge in [0, 0.05) is 36.4 Å². The number of halogens is 1. The number of pyridine rings is 1. The lowest BCUT2D eigenvalue weighted by Crippen LogP contribution is -2.44. The Kier molecular flexibility index (Phi) is 8.04. The normalized spacial score (nSPS) is 17.2. The van der Waals surface area contributed by atoms with Crippen molar-refractivity contribution in [3.63, 3.8) is 0 Å². The number of hydrogen-bond donors (Lipinski definition) is 1. The van der Waals surface area contributed by atoms with Gasteiger partial charge in [-0.25, -0.2) is 18.2 Å². The Labute approximate surface area is 245 Å². The number of benzene rings is 1. The highest BCUT2D eigenvalue weighted by Crippen LogP contribution is 2.32. The number of hydrogen-bond acceptors (Lipinski definition) is 8. The smallest absolute Gasteiger partial charge is 0.410 e.